The van der Waals surface area contributed by atoms with Gasteiger partial charge < -0.3 is 9.47 Å². The molecule has 0 unspecified atom stereocenters. The lowest BCUT2D eigenvalue weighted by Gasteiger charge is -2.46. The summed E-state index contributed by atoms with van der Waals surface area (Å²) in [6.07, 6.45) is 0. The molecule has 0 amide bonds. The van der Waals surface area contributed by atoms with Gasteiger partial charge in [0.2, 0.25) is 0 Å². The number of anilines is 3. The molecule has 0 saturated carbocycles. The van der Waals surface area contributed by atoms with E-state index in [-0.39, 0.29) is 0 Å². The highest BCUT2D eigenvalue weighted by Gasteiger charge is 2.46. The summed E-state index contributed by atoms with van der Waals surface area (Å²) in [6, 6.07) is 84.7. The molecule has 0 saturated heterocycles. The molecule has 0 spiro atoms. The lowest BCUT2D eigenvalue weighted by Crippen LogP contribution is -2.37. The van der Waals surface area contributed by atoms with Crippen molar-refractivity contribution in [2.75, 3.05) is 4.90 Å². The van der Waals surface area contributed by atoms with E-state index in [1.54, 1.807) is 0 Å². The molecule has 9 aromatic carbocycles. The predicted molar refractivity (Wildman–Crippen MR) is 254 cm³/mol. The Morgan fingerprint density at radius 1 is 0.367 bits per heavy atom. The van der Waals surface area contributed by atoms with Crippen LogP contribution in [0.4, 0.5) is 17.1 Å². The number of benzene rings is 9. The van der Waals surface area contributed by atoms with Crippen LogP contribution in [-0.2, 0) is 5.41 Å². The van der Waals surface area contributed by atoms with E-state index in [2.05, 4.69) is 240 Å². The van der Waals surface area contributed by atoms with Gasteiger partial charge in [-0.3, -0.25) is 0 Å². The average molecular weight is 783 g/mol. The molecule has 1 aliphatic heterocycles. The third-order valence-corrected chi connectivity index (χ3v) is 13.7. The van der Waals surface area contributed by atoms with E-state index in [0.29, 0.717) is 0 Å². The summed E-state index contributed by atoms with van der Waals surface area (Å²) in [6.45, 7) is 0. The minimum absolute atomic E-state index is 0.554. The van der Waals surface area contributed by atoms with E-state index in [1.807, 2.05) is 11.3 Å². The number of fused-ring (bicyclic) bond motifs is 7. The van der Waals surface area contributed by atoms with E-state index in [0.717, 1.165) is 11.4 Å². The van der Waals surface area contributed by atoms with Crippen LogP contribution in [0, 0.1) is 0 Å². The maximum atomic E-state index is 2.48. The Morgan fingerprint density at radius 3 is 1.60 bits per heavy atom. The van der Waals surface area contributed by atoms with Gasteiger partial charge in [0.1, 0.15) is 0 Å². The number of nitrogens with zero attached hydrogens (tertiary/aromatic N) is 2. The lowest BCUT2D eigenvalue weighted by atomic mass is 9.62. The number of thiophene rings is 1. The van der Waals surface area contributed by atoms with Crippen molar-refractivity contribution in [1.82, 2.24) is 4.57 Å². The predicted octanol–water partition coefficient (Wildman–Crippen LogP) is 15.5. The van der Waals surface area contributed by atoms with Gasteiger partial charge in [0.15, 0.2) is 0 Å². The quantitative estimate of drug-likeness (QED) is 0.163. The fraction of sp³-hybridized carbons (Fsp3) is 0.0175. The average Bonchev–Trinajstić information content (AvgIpc) is 3.86. The van der Waals surface area contributed by atoms with Gasteiger partial charge in [-0.1, -0.05) is 182 Å². The van der Waals surface area contributed by atoms with E-state index in [9.17, 15) is 0 Å². The number of hydrogen-bond donors (Lipinski definition) is 0. The molecule has 0 atom stereocenters. The van der Waals surface area contributed by atoms with Gasteiger partial charge >= 0.3 is 0 Å². The van der Waals surface area contributed by atoms with Crippen LogP contribution >= 0.6 is 11.3 Å². The van der Waals surface area contributed by atoms with Crippen molar-refractivity contribution in [2.24, 2.45) is 0 Å². The number of hydrogen-bond acceptors (Lipinski definition) is 2. The Hall–Kier alpha value is -7.46. The van der Waals surface area contributed by atoms with Gasteiger partial charge in [0.05, 0.1) is 32.5 Å². The van der Waals surface area contributed by atoms with Crippen LogP contribution in [0.25, 0.3) is 59.1 Å². The molecule has 0 aliphatic carbocycles. The Bertz CT molecular complexity index is 3300. The van der Waals surface area contributed by atoms with Crippen molar-refractivity contribution >= 4 is 59.6 Å². The maximum Gasteiger partial charge on any atom is 0.0742 e. The van der Waals surface area contributed by atoms with Gasteiger partial charge in [0.25, 0.3) is 0 Å². The highest BCUT2D eigenvalue weighted by molar-refractivity contribution is 7.26. The van der Waals surface area contributed by atoms with Crippen molar-refractivity contribution < 1.29 is 0 Å². The first-order valence-corrected chi connectivity index (χ1v) is 21.4. The zero-order valence-corrected chi connectivity index (χ0v) is 33.6. The Labute approximate surface area is 353 Å². The molecular weight excluding hydrogens is 745 g/mol. The smallest absolute Gasteiger partial charge is 0.0742 e. The Balaban J connectivity index is 1.06. The summed E-state index contributed by atoms with van der Waals surface area (Å²) in [4.78, 5) is 2.48. The van der Waals surface area contributed by atoms with E-state index >= 15 is 0 Å². The Morgan fingerprint density at radius 2 is 0.883 bits per heavy atom. The highest BCUT2D eigenvalue weighted by atomic mass is 32.1. The molecule has 3 heterocycles. The molecule has 0 radical (unpaired) electrons. The zero-order valence-electron chi connectivity index (χ0n) is 32.7. The second-order valence-electron chi connectivity index (χ2n) is 15.7. The number of aromatic nitrogens is 1. The standard InChI is InChI=1S/C57H38N2S/c1-4-16-39(17-5-1)40-28-33-45(34-29-40)58-52-26-14-12-24-49(52)57(43-18-6-2-7-19-43,44-20-8-3-9-21-44)50-37-32-42(38-53(50)58)41-30-35-46(36-31-41)59-51-25-13-10-22-47(51)56-55(59)48-23-11-15-27-54(48)60-56/h1-38H. The Kier molecular flexibility index (Phi) is 7.97. The molecule has 11 aromatic rings. The normalized spacial score (nSPS) is 13.1. The maximum absolute atomic E-state index is 2.48. The lowest BCUT2D eigenvalue weighted by molar-refractivity contribution is 0.731. The summed E-state index contributed by atoms with van der Waals surface area (Å²) in [5.41, 5.74) is 16.3. The number of para-hydroxylation sites is 2. The summed E-state index contributed by atoms with van der Waals surface area (Å²) in [7, 11) is 0. The molecule has 12 rings (SSSR count). The van der Waals surface area contributed by atoms with Crippen LogP contribution in [-0.4, -0.2) is 4.57 Å². The molecule has 2 aromatic heterocycles. The molecule has 0 N–H and O–H groups in total. The van der Waals surface area contributed by atoms with E-state index in [1.165, 1.54) is 87.1 Å². The third-order valence-electron chi connectivity index (χ3n) is 12.5. The van der Waals surface area contributed by atoms with Crippen molar-refractivity contribution in [3.8, 4) is 27.9 Å². The first kappa shape index (κ1) is 34.6. The van der Waals surface area contributed by atoms with Crippen molar-refractivity contribution in [2.45, 2.75) is 5.41 Å². The highest BCUT2D eigenvalue weighted by Crippen LogP contribution is 2.58. The van der Waals surface area contributed by atoms with Gasteiger partial charge in [-0.25, -0.2) is 0 Å². The van der Waals surface area contributed by atoms with Crippen molar-refractivity contribution in [3.63, 3.8) is 0 Å². The number of rotatable bonds is 6. The van der Waals surface area contributed by atoms with Crippen LogP contribution in [0.15, 0.2) is 231 Å². The molecule has 0 bridgehead atoms. The molecule has 2 nitrogen and oxygen atoms in total. The van der Waals surface area contributed by atoms with Crippen LogP contribution < -0.4 is 4.90 Å². The van der Waals surface area contributed by atoms with Gasteiger partial charge in [-0.15, -0.1) is 11.3 Å². The first-order valence-electron chi connectivity index (χ1n) is 20.6. The minimum atomic E-state index is -0.554. The molecule has 1 aliphatic rings. The first-order chi connectivity index (χ1) is 29.8. The molecule has 282 valence electrons. The molecule has 0 fully saturated rings. The fourth-order valence-electron chi connectivity index (χ4n) is 9.84. The second-order valence-corrected chi connectivity index (χ2v) is 16.7. The summed E-state index contributed by atoms with van der Waals surface area (Å²) >= 11 is 1.88. The topological polar surface area (TPSA) is 8.17 Å². The monoisotopic (exact) mass is 782 g/mol. The molecule has 60 heavy (non-hydrogen) atoms. The summed E-state index contributed by atoms with van der Waals surface area (Å²) < 4.78 is 5.10. The van der Waals surface area contributed by atoms with E-state index < -0.39 is 5.41 Å². The minimum Gasteiger partial charge on any atom is -0.310 e. The molecule has 3 heteroatoms. The largest absolute Gasteiger partial charge is 0.310 e. The summed E-state index contributed by atoms with van der Waals surface area (Å²) in [5.74, 6) is 0. The van der Waals surface area contributed by atoms with Crippen molar-refractivity contribution in [3.05, 3.63) is 253 Å². The SMILES string of the molecule is c1ccc(-c2ccc(N3c4ccccc4C(c4ccccc4)(c4ccccc4)c4ccc(-c5ccc(-n6c7ccccc7c7sc8ccccc8c76)cc5)cc43)cc2)cc1. The van der Waals surface area contributed by atoms with Gasteiger partial charge in [0, 0.05) is 26.8 Å². The van der Waals surface area contributed by atoms with E-state index in [4.69, 9.17) is 0 Å². The molecular formula is C57H38N2S. The van der Waals surface area contributed by atoms with Gasteiger partial charge in [-0.05, 0) is 93.0 Å². The van der Waals surface area contributed by atoms with Crippen molar-refractivity contribution in [1.29, 1.82) is 0 Å². The third kappa shape index (κ3) is 5.19. The summed E-state index contributed by atoms with van der Waals surface area (Å²) in [5, 5.41) is 2.59. The second kappa shape index (κ2) is 13.8. The van der Waals surface area contributed by atoms with Gasteiger partial charge in [-0.2, -0.15) is 0 Å². The van der Waals surface area contributed by atoms with Crippen LogP contribution in [0.2, 0.25) is 0 Å². The van der Waals surface area contributed by atoms with Crippen LogP contribution in [0.5, 0.6) is 0 Å². The van der Waals surface area contributed by atoms with Crippen LogP contribution in [0.3, 0.4) is 0 Å². The fourth-order valence-corrected chi connectivity index (χ4v) is 11.1. The zero-order chi connectivity index (χ0) is 39.6. The van der Waals surface area contributed by atoms with Crippen LogP contribution in [0.1, 0.15) is 22.3 Å².